The molecule has 1 heterocycles. The highest BCUT2D eigenvalue weighted by molar-refractivity contribution is 5.83. The molecule has 1 unspecified atom stereocenters. The molecule has 0 bridgehead atoms. The molecule has 0 N–H and O–H groups in total. The lowest BCUT2D eigenvalue weighted by atomic mass is 10.00. The third-order valence-corrected chi connectivity index (χ3v) is 4.75. The quantitative estimate of drug-likeness (QED) is 0.513. The van der Waals surface area contributed by atoms with E-state index in [4.69, 9.17) is 9.72 Å². The first-order chi connectivity index (χ1) is 12.9. The lowest BCUT2D eigenvalue weighted by Gasteiger charge is -2.15. The van der Waals surface area contributed by atoms with Gasteiger partial charge in [-0.2, -0.15) is 0 Å². The van der Waals surface area contributed by atoms with Crippen LogP contribution in [-0.4, -0.2) is 25.7 Å². The van der Waals surface area contributed by atoms with Crippen LogP contribution >= 0.6 is 0 Å². The zero-order chi connectivity index (χ0) is 19.4. The number of nitrogens with zero attached hydrogens (tertiary/aromatic N) is 2. The number of pyridine rings is 1. The van der Waals surface area contributed by atoms with Crippen LogP contribution in [0, 0.1) is 11.8 Å². The molecule has 0 radical (unpaired) electrons. The second-order valence-corrected chi connectivity index (χ2v) is 8.04. The standard InChI is InChI=1S/C24H30N2O/c1-17(2)14-18(3)16-27-22-11-13-24-20(15-22)8-12-23(25-24)19-6-9-21(10-7-19)26(4)5/h6-13,15,17-18H,14,16H2,1-5H3. The molecule has 1 atom stereocenters. The average Bonchev–Trinajstić information content (AvgIpc) is 2.65. The number of ether oxygens (including phenoxy) is 1. The third kappa shape index (κ3) is 5.00. The van der Waals surface area contributed by atoms with Gasteiger partial charge in [0.25, 0.3) is 0 Å². The molecule has 0 aliphatic rings. The zero-order valence-electron chi connectivity index (χ0n) is 17.1. The molecular weight excluding hydrogens is 332 g/mol. The third-order valence-electron chi connectivity index (χ3n) is 4.75. The maximum Gasteiger partial charge on any atom is 0.120 e. The summed E-state index contributed by atoms with van der Waals surface area (Å²) in [6.45, 7) is 7.51. The summed E-state index contributed by atoms with van der Waals surface area (Å²) in [4.78, 5) is 6.92. The molecule has 3 heteroatoms. The molecule has 0 aliphatic heterocycles. The summed E-state index contributed by atoms with van der Waals surface area (Å²) in [5.41, 5.74) is 4.30. The Kier molecular flexibility index (Phi) is 6.00. The van der Waals surface area contributed by atoms with E-state index in [1.807, 2.05) is 20.2 Å². The minimum atomic E-state index is 0.561. The normalized spacial score (nSPS) is 12.4. The van der Waals surface area contributed by atoms with Crippen LogP contribution in [0.15, 0.2) is 54.6 Å². The molecule has 1 aromatic heterocycles. The van der Waals surface area contributed by atoms with E-state index in [0.29, 0.717) is 11.8 Å². The average molecular weight is 363 g/mol. The van der Waals surface area contributed by atoms with E-state index < -0.39 is 0 Å². The SMILES string of the molecule is CC(C)CC(C)COc1ccc2nc(-c3ccc(N(C)C)cc3)ccc2c1. The van der Waals surface area contributed by atoms with Gasteiger partial charge in [0.1, 0.15) is 5.75 Å². The van der Waals surface area contributed by atoms with Crippen molar-refractivity contribution in [3.05, 3.63) is 54.6 Å². The number of rotatable bonds is 7. The first-order valence-corrected chi connectivity index (χ1v) is 9.73. The number of benzene rings is 2. The van der Waals surface area contributed by atoms with Crippen LogP contribution in [-0.2, 0) is 0 Å². The second kappa shape index (κ2) is 8.43. The second-order valence-electron chi connectivity index (χ2n) is 8.04. The maximum absolute atomic E-state index is 5.99. The van der Waals surface area contributed by atoms with Crippen molar-refractivity contribution >= 4 is 16.6 Å². The molecule has 3 aromatic rings. The van der Waals surface area contributed by atoms with Gasteiger partial charge in [-0.3, -0.25) is 0 Å². The Morgan fingerprint density at radius 1 is 0.926 bits per heavy atom. The Balaban J connectivity index is 1.75. The molecule has 0 amide bonds. The van der Waals surface area contributed by atoms with Crippen molar-refractivity contribution in [3.8, 4) is 17.0 Å². The summed E-state index contributed by atoms with van der Waals surface area (Å²) in [6.07, 6.45) is 1.19. The van der Waals surface area contributed by atoms with Crippen LogP contribution in [0.3, 0.4) is 0 Å². The number of hydrogen-bond acceptors (Lipinski definition) is 3. The summed E-state index contributed by atoms with van der Waals surface area (Å²) in [5.74, 6) is 2.18. The number of fused-ring (bicyclic) bond motifs is 1. The van der Waals surface area contributed by atoms with E-state index in [9.17, 15) is 0 Å². The van der Waals surface area contributed by atoms with Crippen LogP contribution in [0.25, 0.3) is 22.2 Å². The molecular formula is C24H30N2O. The van der Waals surface area contributed by atoms with Gasteiger partial charge in [-0.15, -0.1) is 0 Å². The van der Waals surface area contributed by atoms with Crippen LogP contribution < -0.4 is 9.64 Å². The van der Waals surface area contributed by atoms with Gasteiger partial charge in [0.2, 0.25) is 0 Å². The maximum atomic E-state index is 5.99. The fraction of sp³-hybridized carbons (Fsp3) is 0.375. The molecule has 0 saturated heterocycles. The molecule has 3 rings (SSSR count). The summed E-state index contributed by atoms with van der Waals surface area (Å²) < 4.78 is 5.99. The van der Waals surface area contributed by atoms with Gasteiger partial charge >= 0.3 is 0 Å². The Labute approximate surface area is 163 Å². The van der Waals surface area contributed by atoms with E-state index in [0.717, 1.165) is 34.5 Å². The van der Waals surface area contributed by atoms with E-state index in [1.165, 1.54) is 12.1 Å². The summed E-state index contributed by atoms with van der Waals surface area (Å²) >= 11 is 0. The highest BCUT2D eigenvalue weighted by Crippen LogP contribution is 2.26. The van der Waals surface area contributed by atoms with Crippen molar-refractivity contribution in [2.45, 2.75) is 27.2 Å². The minimum absolute atomic E-state index is 0.561. The highest BCUT2D eigenvalue weighted by Gasteiger charge is 2.08. The first-order valence-electron chi connectivity index (χ1n) is 9.73. The fourth-order valence-corrected chi connectivity index (χ4v) is 3.40. The first kappa shape index (κ1) is 19.2. The van der Waals surface area contributed by atoms with Crippen LogP contribution in [0.2, 0.25) is 0 Å². The topological polar surface area (TPSA) is 25.4 Å². The number of aromatic nitrogens is 1. The Hall–Kier alpha value is -2.55. The van der Waals surface area contributed by atoms with Gasteiger partial charge in [0.05, 0.1) is 17.8 Å². The molecule has 27 heavy (non-hydrogen) atoms. The van der Waals surface area contributed by atoms with Gasteiger partial charge < -0.3 is 9.64 Å². The predicted octanol–water partition coefficient (Wildman–Crippen LogP) is 6.03. The largest absolute Gasteiger partial charge is 0.493 e. The number of anilines is 1. The van der Waals surface area contributed by atoms with E-state index >= 15 is 0 Å². The van der Waals surface area contributed by atoms with Gasteiger partial charge in [0, 0.05) is 30.7 Å². The van der Waals surface area contributed by atoms with Crippen molar-refractivity contribution in [2.24, 2.45) is 11.8 Å². The minimum Gasteiger partial charge on any atom is -0.493 e. The van der Waals surface area contributed by atoms with E-state index in [2.05, 4.69) is 74.2 Å². The van der Waals surface area contributed by atoms with Gasteiger partial charge in [-0.05, 0) is 54.7 Å². The van der Waals surface area contributed by atoms with Gasteiger partial charge in [-0.1, -0.05) is 39.0 Å². The summed E-state index contributed by atoms with van der Waals surface area (Å²) in [6, 6.07) is 18.9. The van der Waals surface area contributed by atoms with Crippen molar-refractivity contribution in [1.29, 1.82) is 0 Å². The summed E-state index contributed by atoms with van der Waals surface area (Å²) in [7, 11) is 4.10. The van der Waals surface area contributed by atoms with Crippen molar-refractivity contribution in [1.82, 2.24) is 4.98 Å². The summed E-state index contributed by atoms with van der Waals surface area (Å²) in [5, 5.41) is 1.11. The van der Waals surface area contributed by atoms with Gasteiger partial charge in [-0.25, -0.2) is 4.98 Å². The molecule has 0 aliphatic carbocycles. The lowest BCUT2D eigenvalue weighted by molar-refractivity contribution is 0.239. The van der Waals surface area contributed by atoms with Crippen LogP contribution in [0.5, 0.6) is 5.75 Å². The lowest BCUT2D eigenvalue weighted by Crippen LogP contribution is -2.10. The van der Waals surface area contributed by atoms with Crippen molar-refractivity contribution < 1.29 is 4.74 Å². The van der Waals surface area contributed by atoms with Crippen molar-refractivity contribution in [2.75, 3.05) is 25.6 Å². The predicted molar refractivity (Wildman–Crippen MR) is 116 cm³/mol. The molecule has 3 nitrogen and oxygen atoms in total. The van der Waals surface area contributed by atoms with Crippen LogP contribution in [0.4, 0.5) is 5.69 Å². The van der Waals surface area contributed by atoms with Crippen LogP contribution in [0.1, 0.15) is 27.2 Å². The Bertz CT molecular complexity index is 885. The smallest absolute Gasteiger partial charge is 0.120 e. The van der Waals surface area contributed by atoms with E-state index in [-0.39, 0.29) is 0 Å². The Morgan fingerprint density at radius 2 is 1.67 bits per heavy atom. The molecule has 0 spiro atoms. The van der Waals surface area contributed by atoms with Gasteiger partial charge in [0.15, 0.2) is 0 Å². The zero-order valence-corrected chi connectivity index (χ0v) is 17.1. The Morgan fingerprint density at radius 3 is 2.33 bits per heavy atom. The number of hydrogen-bond donors (Lipinski definition) is 0. The fourth-order valence-electron chi connectivity index (χ4n) is 3.40. The monoisotopic (exact) mass is 362 g/mol. The molecule has 0 saturated carbocycles. The van der Waals surface area contributed by atoms with Crippen molar-refractivity contribution in [3.63, 3.8) is 0 Å². The van der Waals surface area contributed by atoms with E-state index in [1.54, 1.807) is 0 Å². The molecule has 0 fully saturated rings. The molecule has 142 valence electrons. The molecule has 2 aromatic carbocycles. The highest BCUT2D eigenvalue weighted by atomic mass is 16.5.